The fourth-order valence-electron chi connectivity index (χ4n) is 1.49. The summed E-state index contributed by atoms with van der Waals surface area (Å²) < 4.78 is 5.49. The molecule has 0 aliphatic rings. The van der Waals surface area contributed by atoms with Gasteiger partial charge in [0.25, 0.3) is 0 Å². The second-order valence-corrected chi connectivity index (χ2v) is 3.77. The molecule has 0 bridgehead atoms. The molecule has 18 heavy (non-hydrogen) atoms. The number of nitro benzene ring substituents is 1. The van der Waals surface area contributed by atoms with Crippen molar-refractivity contribution in [2.45, 2.75) is 6.92 Å². The summed E-state index contributed by atoms with van der Waals surface area (Å²) in [4.78, 5) is 14.5. The van der Waals surface area contributed by atoms with Crippen molar-refractivity contribution in [2.24, 2.45) is 0 Å². The Hall–Kier alpha value is -2.22. The summed E-state index contributed by atoms with van der Waals surface area (Å²) in [5.74, 6) is 0.687. The topological polar surface area (TPSA) is 96.8 Å². The zero-order valence-corrected chi connectivity index (χ0v) is 10.3. The number of nitrogens with one attached hydrogen (secondary N) is 2. The molecule has 0 fully saturated rings. The summed E-state index contributed by atoms with van der Waals surface area (Å²) in [5.41, 5.74) is 0.467. The highest BCUT2D eigenvalue weighted by molar-refractivity contribution is 7.71. The number of H-pyrrole nitrogens is 2. The Labute approximate surface area is 107 Å². The molecule has 1 heterocycles. The largest absolute Gasteiger partial charge is 0.487 e. The second kappa shape index (κ2) is 4.96. The first kappa shape index (κ1) is 12.2. The van der Waals surface area contributed by atoms with E-state index in [1.807, 2.05) is 0 Å². The maximum Gasteiger partial charge on any atom is 0.311 e. The number of aromatic amines is 2. The molecule has 0 saturated carbocycles. The van der Waals surface area contributed by atoms with Gasteiger partial charge in [0.05, 0.1) is 11.5 Å². The summed E-state index contributed by atoms with van der Waals surface area (Å²) in [5, 5.41) is 16.3. The normalized spacial score (nSPS) is 10.3. The zero-order valence-electron chi connectivity index (χ0n) is 9.47. The average molecular weight is 266 g/mol. The Morgan fingerprint density at radius 1 is 1.50 bits per heavy atom. The Kier molecular flexibility index (Phi) is 3.38. The molecule has 2 aromatic rings. The van der Waals surface area contributed by atoms with Gasteiger partial charge in [-0.2, -0.15) is 4.98 Å². The van der Waals surface area contributed by atoms with Crippen LogP contribution >= 0.6 is 12.2 Å². The van der Waals surface area contributed by atoms with Gasteiger partial charge >= 0.3 is 5.69 Å². The van der Waals surface area contributed by atoms with Crippen molar-refractivity contribution in [3.8, 4) is 17.1 Å². The number of rotatable bonds is 4. The van der Waals surface area contributed by atoms with Gasteiger partial charge in [-0.25, -0.2) is 0 Å². The van der Waals surface area contributed by atoms with Gasteiger partial charge in [0.1, 0.15) is 0 Å². The predicted octanol–water partition coefficient (Wildman–Crippen LogP) is 2.44. The number of aromatic nitrogens is 3. The molecule has 94 valence electrons. The van der Waals surface area contributed by atoms with E-state index in [2.05, 4.69) is 15.2 Å². The van der Waals surface area contributed by atoms with Crippen molar-refractivity contribution in [3.63, 3.8) is 0 Å². The van der Waals surface area contributed by atoms with Crippen molar-refractivity contribution in [1.82, 2.24) is 15.2 Å². The van der Waals surface area contributed by atoms with Crippen LogP contribution in [-0.4, -0.2) is 26.7 Å². The minimum absolute atomic E-state index is 0.100. The van der Waals surface area contributed by atoms with Gasteiger partial charge in [0.2, 0.25) is 4.77 Å². The third-order valence-electron chi connectivity index (χ3n) is 2.23. The van der Waals surface area contributed by atoms with E-state index in [0.717, 1.165) is 0 Å². The quantitative estimate of drug-likeness (QED) is 0.503. The smallest absolute Gasteiger partial charge is 0.311 e. The van der Waals surface area contributed by atoms with Crippen LogP contribution in [0.3, 0.4) is 0 Å². The molecule has 7 nitrogen and oxygen atoms in total. The van der Waals surface area contributed by atoms with Gasteiger partial charge in [-0.15, -0.1) is 0 Å². The minimum Gasteiger partial charge on any atom is -0.487 e. The fraction of sp³-hybridized carbons (Fsp3) is 0.200. The van der Waals surface area contributed by atoms with Crippen LogP contribution in [0.15, 0.2) is 18.2 Å². The van der Waals surface area contributed by atoms with Crippen LogP contribution in [0, 0.1) is 14.9 Å². The summed E-state index contributed by atoms with van der Waals surface area (Å²) in [6, 6.07) is 4.62. The summed E-state index contributed by atoms with van der Waals surface area (Å²) >= 11 is 4.83. The lowest BCUT2D eigenvalue weighted by molar-refractivity contribution is -0.385. The van der Waals surface area contributed by atoms with Crippen molar-refractivity contribution in [3.05, 3.63) is 33.1 Å². The highest BCUT2D eigenvalue weighted by Crippen LogP contribution is 2.30. The number of hydrogen-bond donors (Lipinski definition) is 2. The number of nitro groups is 1. The number of ether oxygens (including phenoxy) is 1. The number of nitrogens with zero attached hydrogens (tertiary/aromatic N) is 2. The van der Waals surface area contributed by atoms with E-state index >= 15 is 0 Å². The molecule has 0 aliphatic carbocycles. The Morgan fingerprint density at radius 3 is 2.83 bits per heavy atom. The summed E-state index contributed by atoms with van der Waals surface area (Å²) in [6.07, 6.45) is 0. The zero-order chi connectivity index (χ0) is 13.1. The van der Waals surface area contributed by atoms with E-state index in [1.165, 1.54) is 6.07 Å². The number of hydrogen-bond acceptors (Lipinski definition) is 5. The lowest BCUT2D eigenvalue weighted by atomic mass is 10.2. The molecule has 0 saturated heterocycles. The average Bonchev–Trinajstić information content (AvgIpc) is 2.76. The van der Waals surface area contributed by atoms with Gasteiger partial charge in [-0.1, -0.05) is 0 Å². The van der Waals surface area contributed by atoms with Crippen LogP contribution in [0.4, 0.5) is 5.69 Å². The predicted molar refractivity (Wildman–Crippen MR) is 67.0 cm³/mol. The maximum atomic E-state index is 11.0. The van der Waals surface area contributed by atoms with Crippen LogP contribution < -0.4 is 4.74 Å². The van der Waals surface area contributed by atoms with E-state index in [-0.39, 0.29) is 11.4 Å². The van der Waals surface area contributed by atoms with Gasteiger partial charge in [0, 0.05) is 11.6 Å². The van der Waals surface area contributed by atoms with E-state index in [9.17, 15) is 10.1 Å². The van der Waals surface area contributed by atoms with Crippen molar-refractivity contribution < 1.29 is 9.66 Å². The van der Waals surface area contributed by atoms with Crippen LogP contribution in [0.25, 0.3) is 11.4 Å². The minimum atomic E-state index is -0.490. The third-order valence-corrected chi connectivity index (χ3v) is 2.42. The Bertz CT molecular complexity index is 634. The molecule has 1 aromatic carbocycles. The molecule has 0 spiro atoms. The Balaban J connectivity index is 2.49. The van der Waals surface area contributed by atoms with Crippen LogP contribution in [0.2, 0.25) is 0 Å². The molecular formula is C10H10N4O3S. The molecule has 0 atom stereocenters. The molecule has 8 heteroatoms. The molecule has 0 amide bonds. The van der Waals surface area contributed by atoms with E-state index in [4.69, 9.17) is 17.0 Å². The number of benzene rings is 1. The molecule has 0 aliphatic heterocycles. The molecule has 0 radical (unpaired) electrons. The van der Waals surface area contributed by atoms with Gasteiger partial charge < -0.3 is 4.74 Å². The highest BCUT2D eigenvalue weighted by Gasteiger charge is 2.17. The van der Waals surface area contributed by atoms with Crippen LogP contribution in [-0.2, 0) is 0 Å². The molecule has 0 unspecified atom stereocenters. The first-order valence-corrected chi connectivity index (χ1v) is 5.59. The van der Waals surface area contributed by atoms with Gasteiger partial charge in [0.15, 0.2) is 11.6 Å². The first-order chi connectivity index (χ1) is 8.61. The van der Waals surface area contributed by atoms with E-state index < -0.39 is 4.92 Å². The van der Waals surface area contributed by atoms with E-state index in [0.29, 0.717) is 22.8 Å². The van der Waals surface area contributed by atoms with Gasteiger partial charge in [-0.3, -0.25) is 20.3 Å². The molecule has 1 aromatic heterocycles. The SMILES string of the molecule is CCOc1ccc(-c2nc(=S)[nH][nH]2)cc1[N+](=O)[O-]. The first-order valence-electron chi connectivity index (χ1n) is 5.18. The standard InChI is InChI=1S/C10H10N4O3S/c1-2-17-8-4-3-6(5-7(8)14(15)16)9-11-10(18)13-12-9/h3-5H,2H2,1H3,(H2,11,12,13,18). The monoisotopic (exact) mass is 266 g/mol. The van der Waals surface area contributed by atoms with Crippen LogP contribution in [0.1, 0.15) is 6.92 Å². The molecule has 2 rings (SSSR count). The van der Waals surface area contributed by atoms with E-state index in [1.54, 1.807) is 19.1 Å². The second-order valence-electron chi connectivity index (χ2n) is 3.39. The lowest BCUT2D eigenvalue weighted by Gasteiger charge is -2.04. The maximum absolute atomic E-state index is 11.0. The van der Waals surface area contributed by atoms with Crippen LogP contribution in [0.5, 0.6) is 5.75 Å². The van der Waals surface area contributed by atoms with Crippen molar-refractivity contribution >= 4 is 17.9 Å². The lowest BCUT2D eigenvalue weighted by Crippen LogP contribution is -1.98. The Morgan fingerprint density at radius 2 is 2.28 bits per heavy atom. The van der Waals surface area contributed by atoms with Crippen molar-refractivity contribution in [1.29, 1.82) is 0 Å². The summed E-state index contributed by atoms with van der Waals surface area (Å²) in [7, 11) is 0. The van der Waals surface area contributed by atoms with Crippen molar-refractivity contribution in [2.75, 3.05) is 6.61 Å². The third kappa shape index (κ3) is 2.38. The summed E-state index contributed by atoms with van der Waals surface area (Å²) in [6.45, 7) is 2.13. The fourth-order valence-corrected chi connectivity index (χ4v) is 1.63. The molecule has 2 N–H and O–H groups in total. The highest BCUT2D eigenvalue weighted by atomic mass is 32.1. The van der Waals surface area contributed by atoms with Gasteiger partial charge in [-0.05, 0) is 31.3 Å². The molecular weight excluding hydrogens is 256 g/mol.